The minimum absolute atomic E-state index is 0.0170. The van der Waals surface area contributed by atoms with Crippen LogP contribution in [0.1, 0.15) is 28.4 Å². The number of thiophene rings is 1. The smallest absolute Gasteiger partial charge is 0.228 e. The monoisotopic (exact) mass is 259 g/mol. The molecule has 1 atom stereocenters. The van der Waals surface area contributed by atoms with Crippen LogP contribution in [0.4, 0.5) is 5.69 Å². The van der Waals surface area contributed by atoms with Gasteiger partial charge < -0.3 is 10.4 Å². The van der Waals surface area contributed by atoms with Crippen LogP contribution >= 0.6 is 11.3 Å². The molecular formula is C14H13NO2S. The van der Waals surface area contributed by atoms with Crippen molar-refractivity contribution in [2.24, 2.45) is 0 Å². The van der Waals surface area contributed by atoms with Gasteiger partial charge in [-0.25, -0.2) is 0 Å². The second-order valence-corrected chi connectivity index (χ2v) is 5.30. The maximum atomic E-state index is 11.3. The van der Waals surface area contributed by atoms with E-state index in [0.29, 0.717) is 6.42 Å². The number of anilines is 1. The van der Waals surface area contributed by atoms with Crippen LogP contribution in [0.2, 0.25) is 0 Å². The van der Waals surface area contributed by atoms with Crippen molar-refractivity contribution in [3.05, 3.63) is 51.2 Å². The number of nitrogens with one attached hydrogen (secondary N) is 1. The summed E-state index contributed by atoms with van der Waals surface area (Å²) in [7, 11) is 0. The molecule has 0 spiro atoms. The Hall–Kier alpha value is -1.65. The predicted molar refractivity (Wildman–Crippen MR) is 71.9 cm³/mol. The van der Waals surface area contributed by atoms with Crippen molar-refractivity contribution in [3.63, 3.8) is 0 Å². The van der Waals surface area contributed by atoms with Crippen LogP contribution in [0.5, 0.6) is 0 Å². The zero-order chi connectivity index (χ0) is 12.7. The van der Waals surface area contributed by atoms with Crippen LogP contribution in [-0.4, -0.2) is 11.0 Å². The van der Waals surface area contributed by atoms with E-state index in [1.165, 1.54) is 0 Å². The molecule has 92 valence electrons. The first-order chi connectivity index (χ1) is 8.65. The molecular weight excluding hydrogens is 246 g/mol. The first-order valence-corrected chi connectivity index (χ1v) is 6.73. The largest absolute Gasteiger partial charge is 0.384 e. The first kappa shape index (κ1) is 11.4. The van der Waals surface area contributed by atoms with Crippen LogP contribution in [0.25, 0.3) is 0 Å². The number of rotatable bonds is 2. The molecule has 0 radical (unpaired) electrons. The zero-order valence-electron chi connectivity index (χ0n) is 9.93. The van der Waals surface area contributed by atoms with E-state index in [4.69, 9.17) is 0 Å². The summed E-state index contributed by atoms with van der Waals surface area (Å²) in [6.07, 6.45) is -0.212. The fourth-order valence-electron chi connectivity index (χ4n) is 2.25. The molecule has 1 aromatic heterocycles. The van der Waals surface area contributed by atoms with Crippen LogP contribution in [0.15, 0.2) is 29.0 Å². The number of amides is 1. The highest BCUT2D eigenvalue weighted by molar-refractivity contribution is 7.08. The number of benzene rings is 1. The third-order valence-electron chi connectivity index (χ3n) is 3.26. The van der Waals surface area contributed by atoms with Crippen molar-refractivity contribution >= 4 is 22.9 Å². The van der Waals surface area contributed by atoms with E-state index < -0.39 is 6.10 Å². The van der Waals surface area contributed by atoms with Crippen LogP contribution in [-0.2, 0) is 11.2 Å². The minimum atomic E-state index is -0.614. The first-order valence-electron chi connectivity index (χ1n) is 5.78. The summed E-state index contributed by atoms with van der Waals surface area (Å²) in [6.45, 7) is 1.99. The molecule has 18 heavy (non-hydrogen) atoms. The summed E-state index contributed by atoms with van der Waals surface area (Å²) >= 11 is 1.59. The highest BCUT2D eigenvalue weighted by Gasteiger charge is 2.20. The molecule has 1 amide bonds. The van der Waals surface area contributed by atoms with Gasteiger partial charge in [-0.15, -0.1) is 0 Å². The number of carbonyl (C=O) groups excluding carboxylic acids is 1. The lowest BCUT2D eigenvalue weighted by atomic mass is 9.98. The molecule has 1 aliphatic rings. The van der Waals surface area contributed by atoms with E-state index in [-0.39, 0.29) is 5.91 Å². The molecule has 1 aromatic carbocycles. The van der Waals surface area contributed by atoms with Crippen molar-refractivity contribution in [2.75, 3.05) is 5.32 Å². The van der Waals surface area contributed by atoms with Gasteiger partial charge >= 0.3 is 0 Å². The van der Waals surface area contributed by atoms with Crippen LogP contribution in [0, 0.1) is 6.92 Å². The summed E-state index contributed by atoms with van der Waals surface area (Å²) in [6, 6.07) is 5.64. The Kier molecular flexibility index (Phi) is 2.69. The molecule has 0 saturated heterocycles. The normalized spacial score (nSPS) is 15.3. The summed E-state index contributed by atoms with van der Waals surface area (Å²) in [4.78, 5) is 11.3. The van der Waals surface area contributed by atoms with Gasteiger partial charge in [-0.2, -0.15) is 11.3 Å². The van der Waals surface area contributed by atoms with Gasteiger partial charge in [0.05, 0.1) is 6.42 Å². The van der Waals surface area contributed by atoms with Crippen LogP contribution < -0.4 is 5.32 Å². The second kappa shape index (κ2) is 4.23. The molecule has 2 N–H and O–H groups in total. The topological polar surface area (TPSA) is 49.3 Å². The molecule has 3 rings (SSSR count). The van der Waals surface area contributed by atoms with E-state index in [0.717, 1.165) is 27.9 Å². The molecule has 2 heterocycles. The maximum absolute atomic E-state index is 11.3. The molecule has 1 aliphatic heterocycles. The Morgan fingerprint density at radius 2 is 2.22 bits per heavy atom. The van der Waals surface area contributed by atoms with Gasteiger partial charge in [0.15, 0.2) is 0 Å². The third kappa shape index (κ3) is 1.83. The van der Waals surface area contributed by atoms with Crippen molar-refractivity contribution in [1.82, 2.24) is 0 Å². The fraction of sp³-hybridized carbons (Fsp3) is 0.214. The molecule has 3 nitrogen and oxygen atoms in total. The van der Waals surface area contributed by atoms with Crippen molar-refractivity contribution in [2.45, 2.75) is 19.4 Å². The second-order valence-electron chi connectivity index (χ2n) is 4.55. The predicted octanol–water partition coefficient (Wildman–Crippen LogP) is 2.63. The zero-order valence-corrected chi connectivity index (χ0v) is 10.8. The van der Waals surface area contributed by atoms with Crippen molar-refractivity contribution < 1.29 is 9.90 Å². The van der Waals surface area contributed by atoms with E-state index in [1.807, 2.05) is 35.9 Å². The average molecular weight is 259 g/mol. The van der Waals surface area contributed by atoms with Gasteiger partial charge in [0.2, 0.25) is 5.91 Å². The van der Waals surface area contributed by atoms with Crippen molar-refractivity contribution in [3.8, 4) is 0 Å². The molecule has 0 saturated carbocycles. The minimum Gasteiger partial charge on any atom is -0.384 e. The Balaban J connectivity index is 1.97. The molecule has 0 fully saturated rings. The Labute approximate surface area is 109 Å². The maximum Gasteiger partial charge on any atom is 0.228 e. The van der Waals surface area contributed by atoms with Gasteiger partial charge in [-0.1, -0.05) is 12.1 Å². The summed E-state index contributed by atoms with van der Waals surface area (Å²) in [5.41, 5.74) is 4.70. The quantitative estimate of drug-likeness (QED) is 0.871. The SMILES string of the molecule is Cc1cscc1C(O)c1ccc2c(c1)CC(=O)N2. The summed E-state index contributed by atoms with van der Waals surface area (Å²) in [5, 5.41) is 17.1. The van der Waals surface area contributed by atoms with Crippen molar-refractivity contribution in [1.29, 1.82) is 0 Å². The molecule has 4 heteroatoms. The van der Waals surface area contributed by atoms with Gasteiger partial charge in [-0.3, -0.25) is 4.79 Å². The Bertz CT molecular complexity index is 618. The lowest BCUT2D eigenvalue weighted by Crippen LogP contribution is -2.03. The average Bonchev–Trinajstić information content (AvgIpc) is 2.91. The number of hydrogen-bond acceptors (Lipinski definition) is 3. The molecule has 0 bridgehead atoms. The molecule has 2 aromatic rings. The highest BCUT2D eigenvalue weighted by Crippen LogP contribution is 2.31. The molecule has 0 aliphatic carbocycles. The lowest BCUT2D eigenvalue weighted by Gasteiger charge is -2.12. The van der Waals surface area contributed by atoms with Gasteiger partial charge in [0.1, 0.15) is 6.10 Å². The lowest BCUT2D eigenvalue weighted by molar-refractivity contribution is -0.115. The van der Waals surface area contributed by atoms with Crippen LogP contribution in [0.3, 0.4) is 0 Å². The fourth-order valence-corrected chi connectivity index (χ4v) is 3.12. The Morgan fingerprint density at radius 1 is 1.39 bits per heavy atom. The number of aryl methyl sites for hydroxylation is 1. The van der Waals surface area contributed by atoms with E-state index in [9.17, 15) is 9.90 Å². The van der Waals surface area contributed by atoms with E-state index in [2.05, 4.69) is 5.32 Å². The number of aliphatic hydroxyl groups is 1. The van der Waals surface area contributed by atoms with Gasteiger partial charge in [0.25, 0.3) is 0 Å². The summed E-state index contributed by atoms with van der Waals surface area (Å²) in [5.74, 6) is 0.0170. The molecule has 1 unspecified atom stereocenters. The number of hydrogen-bond donors (Lipinski definition) is 2. The Morgan fingerprint density at radius 3 is 2.94 bits per heavy atom. The standard InChI is InChI=1S/C14H13NO2S/c1-8-6-18-7-11(8)14(17)9-2-3-12-10(4-9)5-13(16)15-12/h2-4,6-7,14,17H,5H2,1H3,(H,15,16). The summed E-state index contributed by atoms with van der Waals surface area (Å²) < 4.78 is 0. The number of aliphatic hydroxyl groups excluding tert-OH is 1. The van der Waals surface area contributed by atoms with E-state index in [1.54, 1.807) is 11.3 Å². The third-order valence-corrected chi connectivity index (χ3v) is 4.14. The van der Waals surface area contributed by atoms with E-state index >= 15 is 0 Å². The number of fused-ring (bicyclic) bond motifs is 1. The van der Waals surface area contributed by atoms with Gasteiger partial charge in [0, 0.05) is 5.69 Å². The van der Waals surface area contributed by atoms with Gasteiger partial charge in [-0.05, 0) is 46.0 Å². The highest BCUT2D eigenvalue weighted by atomic mass is 32.1. The number of carbonyl (C=O) groups is 1.